The molecule has 1 N–H and O–H groups in total. The first-order valence-corrected chi connectivity index (χ1v) is 10.1. The van der Waals surface area contributed by atoms with Crippen LogP contribution in [0.2, 0.25) is 0 Å². The third-order valence-corrected chi connectivity index (χ3v) is 6.03. The van der Waals surface area contributed by atoms with E-state index >= 15 is 8.78 Å². The van der Waals surface area contributed by atoms with Gasteiger partial charge in [-0.05, 0) is 17.5 Å². The van der Waals surface area contributed by atoms with E-state index in [1.807, 2.05) is 36.4 Å². The summed E-state index contributed by atoms with van der Waals surface area (Å²) in [6.07, 6.45) is -2.75. The predicted molar refractivity (Wildman–Crippen MR) is 105 cm³/mol. The molecule has 0 spiro atoms. The monoisotopic (exact) mass is 417 g/mol. The Balaban J connectivity index is 1.63. The fourth-order valence-corrected chi connectivity index (χ4v) is 4.22. The van der Waals surface area contributed by atoms with Gasteiger partial charge in [0.05, 0.1) is 13.2 Å². The molecule has 0 aromatic heterocycles. The zero-order valence-electron chi connectivity index (χ0n) is 16.7. The van der Waals surface area contributed by atoms with Crippen LogP contribution in [0.1, 0.15) is 24.5 Å². The highest BCUT2D eigenvalue weighted by Gasteiger charge is 2.74. The van der Waals surface area contributed by atoms with Gasteiger partial charge in [0.25, 0.3) is 11.8 Å². The number of fused-ring (bicyclic) bond motifs is 1. The van der Waals surface area contributed by atoms with Gasteiger partial charge in [0.15, 0.2) is 6.10 Å². The van der Waals surface area contributed by atoms with Crippen LogP contribution in [-0.4, -0.2) is 46.3 Å². The quantitative estimate of drug-likeness (QED) is 0.783. The van der Waals surface area contributed by atoms with Crippen molar-refractivity contribution in [1.82, 2.24) is 4.90 Å². The maximum Gasteiger partial charge on any atom is 0.300 e. The normalized spacial score (nSPS) is 30.3. The second-order valence-corrected chi connectivity index (χ2v) is 7.96. The van der Waals surface area contributed by atoms with Gasteiger partial charge in [-0.2, -0.15) is 0 Å². The number of carbonyl (C=O) groups excluding carboxylic acids is 1. The Bertz CT molecular complexity index is 879. The van der Waals surface area contributed by atoms with Gasteiger partial charge in [0.2, 0.25) is 5.72 Å². The van der Waals surface area contributed by atoms with Crippen molar-refractivity contribution >= 4 is 5.91 Å². The van der Waals surface area contributed by atoms with Gasteiger partial charge in [-0.25, -0.2) is 8.78 Å². The summed E-state index contributed by atoms with van der Waals surface area (Å²) >= 11 is 0. The van der Waals surface area contributed by atoms with Crippen LogP contribution in [0.15, 0.2) is 60.7 Å². The molecule has 4 atom stereocenters. The SMILES string of the molecule is C[C@H]1CCN2C(=O)[C@H](OCc3ccccc3)[C@@H](OCc3ccccc3)[C@@]2(O)C1(F)F. The van der Waals surface area contributed by atoms with Gasteiger partial charge in [-0.3, -0.25) is 4.79 Å². The molecule has 5 nitrogen and oxygen atoms in total. The van der Waals surface area contributed by atoms with E-state index in [4.69, 9.17) is 9.47 Å². The Hall–Kier alpha value is -2.35. The Morgan fingerprint density at radius 2 is 1.53 bits per heavy atom. The number of alkyl halides is 2. The van der Waals surface area contributed by atoms with Gasteiger partial charge in [0, 0.05) is 12.5 Å². The molecule has 0 bridgehead atoms. The van der Waals surface area contributed by atoms with Crippen LogP contribution in [-0.2, 0) is 27.5 Å². The zero-order valence-corrected chi connectivity index (χ0v) is 16.7. The Labute approximate surface area is 174 Å². The van der Waals surface area contributed by atoms with Crippen LogP contribution in [0.5, 0.6) is 0 Å². The van der Waals surface area contributed by atoms with E-state index in [9.17, 15) is 9.90 Å². The topological polar surface area (TPSA) is 59.0 Å². The van der Waals surface area contributed by atoms with Gasteiger partial charge < -0.3 is 19.5 Å². The molecule has 4 rings (SSSR count). The number of nitrogens with zero attached hydrogens (tertiary/aromatic N) is 1. The highest BCUT2D eigenvalue weighted by molar-refractivity contribution is 5.86. The van der Waals surface area contributed by atoms with E-state index < -0.39 is 35.7 Å². The average Bonchev–Trinajstić information content (AvgIpc) is 2.97. The third-order valence-electron chi connectivity index (χ3n) is 6.03. The first-order chi connectivity index (χ1) is 14.4. The number of aliphatic hydroxyl groups is 1. The first-order valence-electron chi connectivity index (χ1n) is 10.1. The molecule has 0 radical (unpaired) electrons. The highest BCUT2D eigenvalue weighted by atomic mass is 19.3. The Morgan fingerprint density at radius 1 is 1.00 bits per heavy atom. The van der Waals surface area contributed by atoms with Crippen molar-refractivity contribution in [2.45, 2.75) is 50.4 Å². The van der Waals surface area contributed by atoms with E-state index in [-0.39, 0.29) is 26.2 Å². The third kappa shape index (κ3) is 3.41. The van der Waals surface area contributed by atoms with E-state index in [2.05, 4.69) is 0 Å². The number of rotatable bonds is 6. The molecule has 0 unspecified atom stereocenters. The van der Waals surface area contributed by atoms with Crippen molar-refractivity contribution < 1.29 is 28.2 Å². The van der Waals surface area contributed by atoms with Crippen LogP contribution < -0.4 is 0 Å². The van der Waals surface area contributed by atoms with Crippen molar-refractivity contribution in [2.75, 3.05) is 6.54 Å². The molecule has 2 aromatic rings. The summed E-state index contributed by atoms with van der Waals surface area (Å²) in [5.74, 6) is -5.30. The van der Waals surface area contributed by atoms with Crippen LogP contribution in [0.4, 0.5) is 8.78 Å². The minimum Gasteiger partial charge on any atom is -0.365 e. The molecule has 7 heteroatoms. The molecular formula is C23H25F2NO4. The molecule has 2 aliphatic rings. The fraction of sp³-hybridized carbons (Fsp3) is 0.435. The molecule has 2 heterocycles. The van der Waals surface area contributed by atoms with E-state index in [0.29, 0.717) is 0 Å². The molecule has 2 aliphatic heterocycles. The largest absolute Gasteiger partial charge is 0.365 e. The lowest BCUT2D eigenvalue weighted by Crippen LogP contribution is -2.69. The molecule has 2 fully saturated rings. The van der Waals surface area contributed by atoms with Gasteiger partial charge >= 0.3 is 0 Å². The number of piperidine rings is 1. The van der Waals surface area contributed by atoms with Crippen molar-refractivity contribution in [1.29, 1.82) is 0 Å². The lowest BCUT2D eigenvalue weighted by molar-refractivity contribution is -0.316. The number of hydrogen-bond acceptors (Lipinski definition) is 4. The molecule has 2 saturated heterocycles. The molecule has 1 amide bonds. The van der Waals surface area contributed by atoms with Crippen LogP contribution in [0.3, 0.4) is 0 Å². The molecule has 2 aromatic carbocycles. The standard InChI is InChI=1S/C23H25F2NO4/c1-16-12-13-26-21(27)19(29-14-17-8-4-2-5-9-17)20(23(26,28)22(16,24)25)30-15-18-10-6-3-7-11-18/h2-11,16,19-20,28H,12-15H2,1H3/t16-,19+,20+,23+/m0/s1. The Morgan fingerprint density at radius 3 is 2.10 bits per heavy atom. The minimum absolute atomic E-state index is 0.0232. The number of halogens is 2. The summed E-state index contributed by atoms with van der Waals surface area (Å²) in [6, 6.07) is 18.2. The molecule has 0 aliphatic carbocycles. The summed E-state index contributed by atoms with van der Waals surface area (Å²) in [7, 11) is 0. The molecule has 160 valence electrons. The van der Waals surface area contributed by atoms with E-state index in [1.165, 1.54) is 6.92 Å². The summed E-state index contributed by atoms with van der Waals surface area (Å²) < 4.78 is 42.1. The number of ether oxygens (including phenoxy) is 2. The van der Waals surface area contributed by atoms with E-state index in [0.717, 1.165) is 16.0 Å². The van der Waals surface area contributed by atoms with Crippen molar-refractivity contribution in [3.05, 3.63) is 71.8 Å². The van der Waals surface area contributed by atoms with Crippen LogP contribution in [0.25, 0.3) is 0 Å². The summed E-state index contributed by atoms with van der Waals surface area (Å²) in [4.78, 5) is 13.9. The van der Waals surface area contributed by atoms with Crippen LogP contribution >= 0.6 is 0 Å². The van der Waals surface area contributed by atoms with E-state index in [1.54, 1.807) is 24.3 Å². The number of benzene rings is 2. The lowest BCUT2D eigenvalue weighted by atomic mass is 9.83. The van der Waals surface area contributed by atoms with Crippen LogP contribution in [0, 0.1) is 5.92 Å². The van der Waals surface area contributed by atoms with Crippen molar-refractivity contribution in [3.8, 4) is 0 Å². The summed E-state index contributed by atoms with van der Waals surface area (Å²) in [6.45, 7) is 1.44. The lowest BCUT2D eigenvalue weighted by Gasteiger charge is -2.48. The predicted octanol–water partition coefficient (Wildman–Crippen LogP) is 3.36. The zero-order chi connectivity index (χ0) is 21.4. The minimum atomic E-state index is -3.53. The maximum absolute atomic E-state index is 15.2. The first kappa shape index (κ1) is 20.9. The van der Waals surface area contributed by atoms with Gasteiger partial charge in [0.1, 0.15) is 6.10 Å². The number of carbonyl (C=O) groups is 1. The summed E-state index contributed by atoms with van der Waals surface area (Å²) in [5, 5.41) is 11.2. The number of hydrogen-bond donors (Lipinski definition) is 1. The molecule has 30 heavy (non-hydrogen) atoms. The van der Waals surface area contributed by atoms with Crippen molar-refractivity contribution in [3.63, 3.8) is 0 Å². The second kappa shape index (κ2) is 8.06. The van der Waals surface area contributed by atoms with Crippen molar-refractivity contribution in [2.24, 2.45) is 5.92 Å². The number of amides is 1. The van der Waals surface area contributed by atoms with Gasteiger partial charge in [-0.1, -0.05) is 67.6 Å². The fourth-order valence-electron chi connectivity index (χ4n) is 4.22. The molecular weight excluding hydrogens is 392 g/mol. The highest BCUT2D eigenvalue weighted by Crippen LogP contribution is 2.51. The second-order valence-electron chi connectivity index (χ2n) is 7.96. The van der Waals surface area contributed by atoms with Gasteiger partial charge in [-0.15, -0.1) is 0 Å². The smallest absolute Gasteiger partial charge is 0.300 e. The summed E-state index contributed by atoms with van der Waals surface area (Å²) in [5.41, 5.74) is -1.21. The maximum atomic E-state index is 15.2. The molecule has 0 saturated carbocycles. The Kier molecular flexibility index (Phi) is 5.61. The average molecular weight is 417 g/mol.